The van der Waals surface area contributed by atoms with Crippen molar-refractivity contribution < 1.29 is 28.5 Å². The number of allylic oxidation sites excluding steroid dienone is 2. The molecule has 0 saturated heterocycles. The molecule has 0 saturated carbocycles. The molecule has 7 nitrogen and oxygen atoms in total. The van der Waals surface area contributed by atoms with Crippen LogP contribution < -0.4 is 23.8 Å². The molecule has 1 unspecified atom stereocenters. The van der Waals surface area contributed by atoms with Gasteiger partial charge in [0.2, 0.25) is 5.91 Å². The number of Topliss-reactive ketones (excluding diaryl/α,β-unsaturated/α-hetero) is 1. The Kier molecular flexibility index (Phi) is 6.75. The molecule has 1 amide bonds. The van der Waals surface area contributed by atoms with Crippen molar-refractivity contribution in [3.63, 3.8) is 0 Å². The number of ketones is 1. The van der Waals surface area contributed by atoms with Gasteiger partial charge >= 0.3 is 0 Å². The summed E-state index contributed by atoms with van der Waals surface area (Å²) in [5, 5.41) is 0.548. The molecule has 0 N–H and O–H groups in total. The first kappa shape index (κ1) is 24.0. The van der Waals surface area contributed by atoms with Crippen LogP contribution in [0.3, 0.4) is 0 Å². The summed E-state index contributed by atoms with van der Waals surface area (Å²) in [6.07, 6.45) is 1.81. The lowest BCUT2D eigenvalue weighted by atomic mass is 9.76. The maximum absolute atomic E-state index is 13.7. The van der Waals surface area contributed by atoms with Crippen molar-refractivity contribution in [1.29, 1.82) is 0 Å². The highest BCUT2D eigenvalue weighted by molar-refractivity contribution is 6.31. The smallest absolute Gasteiger partial charge is 0.232 e. The molecule has 2 aromatic carbocycles. The summed E-state index contributed by atoms with van der Waals surface area (Å²) < 4.78 is 22.1. The molecule has 180 valence electrons. The first-order valence-corrected chi connectivity index (χ1v) is 11.5. The van der Waals surface area contributed by atoms with Crippen LogP contribution in [0.15, 0.2) is 35.5 Å². The Hall–Kier alpha value is -3.19. The van der Waals surface area contributed by atoms with Gasteiger partial charge in [-0.25, -0.2) is 0 Å². The minimum atomic E-state index is -0.458. The zero-order chi connectivity index (χ0) is 24.6. The summed E-state index contributed by atoms with van der Waals surface area (Å²) in [7, 11) is 6.19. The second-order valence-electron chi connectivity index (χ2n) is 8.35. The van der Waals surface area contributed by atoms with Gasteiger partial charge in [0, 0.05) is 52.7 Å². The Morgan fingerprint density at radius 1 is 0.853 bits per heavy atom. The first-order valence-electron chi connectivity index (χ1n) is 11.1. The molecule has 34 heavy (non-hydrogen) atoms. The zero-order valence-corrected chi connectivity index (χ0v) is 20.7. The van der Waals surface area contributed by atoms with E-state index in [1.165, 1.54) is 7.11 Å². The van der Waals surface area contributed by atoms with Gasteiger partial charge in [-0.2, -0.15) is 0 Å². The molecule has 1 aliphatic heterocycles. The summed E-state index contributed by atoms with van der Waals surface area (Å²) in [6, 6.07) is 7.06. The molecule has 0 bridgehead atoms. The van der Waals surface area contributed by atoms with E-state index in [2.05, 4.69) is 0 Å². The number of hydrogen-bond acceptors (Lipinski definition) is 6. The number of carbonyl (C=O) groups is 2. The molecule has 1 aliphatic carbocycles. The Balaban J connectivity index is 1.93. The van der Waals surface area contributed by atoms with Gasteiger partial charge in [-0.3, -0.25) is 14.5 Å². The Morgan fingerprint density at radius 3 is 2.15 bits per heavy atom. The molecular formula is C26H28ClNO6. The minimum Gasteiger partial charge on any atom is -0.496 e. The van der Waals surface area contributed by atoms with Gasteiger partial charge < -0.3 is 18.9 Å². The average Bonchev–Trinajstić information content (AvgIpc) is 2.84. The molecule has 1 heterocycles. The quantitative estimate of drug-likeness (QED) is 0.559. The average molecular weight is 486 g/mol. The summed E-state index contributed by atoms with van der Waals surface area (Å²) in [6.45, 7) is 1.87. The van der Waals surface area contributed by atoms with Crippen molar-refractivity contribution >= 4 is 29.0 Å². The number of rotatable bonds is 6. The van der Waals surface area contributed by atoms with Crippen LogP contribution in [-0.4, -0.2) is 40.1 Å². The lowest BCUT2D eigenvalue weighted by molar-refractivity contribution is -0.120. The van der Waals surface area contributed by atoms with Crippen LogP contribution in [0.4, 0.5) is 5.69 Å². The highest BCUT2D eigenvalue weighted by Gasteiger charge is 2.42. The van der Waals surface area contributed by atoms with Crippen molar-refractivity contribution in [3.8, 4) is 23.0 Å². The minimum absolute atomic E-state index is 0.0326. The van der Waals surface area contributed by atoms with Crippen LogP contribution in [0, 0.1) is 6.92 Å². The van der Waals surface area contributed by atoms with Gasteiger partial charge in [0.05, 0.1) is 34.1 Å². The van der Waals surface area contributed by atoms with Crippen LogP contribution in [-0.2, 0) is 9.59 Å². The maximum Gasteiger partial charge on any atom is 0.232 e. The third-order valence-corrected chi connectivity index (χ3v) is 6.89. The van der Waals surface area contributed by atoms with Crippen LogP contribution in [0.1, 0.15) is 42.7 Å². The fraction of sp³-hybridized carbons (Fsp3) is 0.385. The van der Waals surface area contributed by atoms with E-state index in [1.54, 1.807) is 44.4 Å². The maximum atomic E-state index is 13.7. The number of aryl methyl sites for hydroxylation is 1. The van der Waals surface area contributed by atoms with Gasteiger partial charge in [-0.15, -0.1) is 0 Å². The SMILES string of the molecule is COc1cc(OC)c(C2CC(=O)N(c3cc(C)c(Cl)cc3OC)C3=C2C(=O)CCC3)cc1OC. The first-order chi connectivity index (χ1) is 16.3. The monoisotopic (exact) mass is 485 g/mol. The zero-order valence-electron chi connectivity index (χ0n) is 20.0. The van der Waals surface area contributed by atoms with E-state index in [9.17, 15) is 9.59 Å². The van der Waals surface area contributed by atoms with E-state index < -0.39 is 5.92 Å². The number of hydrogen-bond donors (Lipinski definition) is 0. The normalized spacial score (nSPS) is 18.1. The highest BCUT2D eigenvalue weighted by atomic mass is 35.5. The summed E-state index contributed by atoms with van der Waals surface area (Å²) in [5.74, 6) is 1.48. The second-order valence-corrected chi connectivity index (χ2v) is 8.75. The topological polar surface area (TPSA) is 74.3 Å². The number of anilines is 1. The summed E-state index contributed by atoms with van der Waals surface area (Å²) in [4.78, 5) is 28.6. The number of carbonyl (C=O) groups excluding carboxylic acids is 2. The van der Waals surface area contributed by atoms with E-state index in [0.29, 0.717) is 64.2 Å². The van der Waals surface area contributed by atoms with E-state index in [0.717, 1.165) is 11.1 Å². The van der Waals surface area contributed by atoms with Gasteiger partial charge in [-0.1, -0.05) is 11.6 Å². The van der Waals surface area contributed by atoms with Crippen molar-refractivity contribution in [2.75, 3.05) is 33.3 Å². The van der Waals surface area contributed by atoms with Gasteiger partial charge in [-0.05, 0) is 37.5 Å². The molecule has 0 aromatic heterocycles. The molecule has 8 heteroatoms. The highest BCUT2D eigenvalue weighted by Crippen LogP contribution is 2.49. The number of ether oxygens (including phenoxy) is 4. The lowest BCUT2D eigenvalue weighted by Crippen LogP contribution is -2.40. The Morgan fingerprint density at radius 2 is 1.50 bits per heavy atom. The second kappa shape index (κ2) is 9.58. The predicted octanol–water partition coefficient (Wildman–Crippen LogP) is 5.21. The molecule has 1 atom stereocenters. The van der Waals surface area contributed by atoms with Crippen molar-refractivity contribution in [2.24, 2.45) is 0 Å². The van der Waals surface area contributed by atoms with Gasteiger partial charge in [0.1, 0.15) is 11.5 Å². The Labute approximate surface area is 204 Å². The molecule has 2 aliphatic rings. The molecule has 0 spiro atoms. The fourth-order valence-corrected chi connectivity index (χ4v) is 5.00. The summed E-state index contributed by atoms with van der Waals surface area (Å²) >= 11 is 6.30. The number of methoxy groups -OCH3 is 4. The third-order valence-electron chi connectivity index (χ3n) is 6.49. The predicted molar refractivity (Wildman–Crippen MR) is 130 cm³/mol. The van der Waals surface area contributed by atoms with Gasteiger partial charge in [0.15, 0.2) is 17.3 Å². The van der Waals surface area contributed by atoms with E-state index in [-0.39, 0.29) is 18.1 Å². The fourth-order valence-electron chi connectivity index (χ4n) is 4.85. The largest absolute Gasteiger partial charge is 0.496 e. The summed E-state index contributed by atoms with van der Waals surface area (Å²) in [5.41, 5.74) is 3.46. The van der Waals surface area contributed by atoms with Crippen LogP contribution >= 0.6 is 11.6 Å². The lowest BCUT2D eigenvalue weighted by Gasteiger charge is -2.39. The van der Waals surface area contributed by atoms with Crippen molar-refractivity contribution in [1.82, 2.24) is 0 Å². The number of nitrogens with zero attached hydrogens (tertiary/aromatic N) is 1. The van der Waals surface area contributed by atoms with E-state index in [4.69, 9.17) is 30.5 Å². The van der Waals surface area contributed by atoms with Crippen LogP contribution in [0.2, 0.25) is 5.02 Å². The molecule has 4 rings (SSSR count). The van der Waals surface area contributed by atoms with Crippen molar-refractivity contribution in [3.05, 3.63) is 51.7 Å². The Bertz CT molecular complexity index is 1190. The number of benzene rings is 2. The molecule has 0 radical (unpaired) electrons. The number of amides is 1. The van der Waals surface area contributed by atoms with Crippen LogP contribution in [0.25, 0.3) is 0 Å². The van der Waals surface area contributed by atoms with E-state index >= 15 is 0 Å². The molecule has 0 fully saturated rings. The van der Waals surface area contributed by atoms with Gasteiger partial charge in [0.25, 0.3) is 0 Å². The standard InChI is InChI=1S/C26H28ClNO6/c1-14-9-19(22(32-3)12-17(14)27)28-18-7-6-8-20(29)26(18)16(11-25(28)30)15-10-23(33-4)24(34-5)13-21(15)31-2/h9-10,12-13,16H,6-8,11H2,1-5H3. The van der Waals surface area contributed by atoms with Crippen molar-refractivity contribution in [2.45, 2.75) is 38.5 Å². The number of halogens is 1. The molecule has 2 aromatic rings. The third kappa shape index (κ3) is 3.98. The molecular weight excluding hydrogens is 458 g/mol. The van der Waals surface area contributed by atoms with Crippen LogP contribution in [0.5, 0.6) is 23.0 Å². The van der Waals surface area contributed by atoms with E-state index in [1.807, 2.05) is 13.0 Å².